The number of amides is 2. The monoisotopic (exact) mass is 373 g/mol. The van der Waals surface area contributed by atoms with E-state index in [-0.39, 0.29) is 29.6 Å². The Hall–Kier alpha value is -0.810. The van der Waals surface area contributed by atoms with Gasteiger partial charge in [0, 0.05) is 32.5 Å². The number of carbonyl (C=O) groups excluding carboxylic acids is 2. The van der Waals surface area contributed by atoms with E-state index in [9.17, 15) is 9.59 Å². The van der Waals surface area contributed by atoms with E-state index in [1.54, 1.807) is 0 Å². The van der Waals surface area contributed by atoms with Crippen LogP contribution < -0.4 is 11.1 Å². The summed E-state index contributed by atoms with van der Waals surface area (Å²) in [6.45, 7) is 4.98. The Bertz CT molecular complexity index is 425. The number of nitrogens with zero attached hydrogens (tertiary/aromatic N) is 1. The van der Waals surface area contributed by atoms with Gasteiger partial charge in [0.2, 0.25) is 11.8 Å². The van der Waals surface area contributed by atoms with Gasteiger partial charge < -0.3 is 16.0 Å². The van der Waals surface area contributed by atoms with E-state index in [1.165, 1.54) is 19.3 Å². The third kappa shape index (κ3) is 6.78. The summed E-state index contributed by atoms with van der Waals surface area (Å²) in [4.78, 5) is 26.5. The highest BCUT2D eigenvalue weighted by molar-refractivity contribution is 5.85. The predicted octanol–water partition coefficient (Wildman–Crippen LogP) is 2.86. The summed E-state index contributed by atoms with van der Waals surface area (Å²) in [6.07, 6.45) is 10.1. The van der Waals surface area contributed by atoms with Crippen LogP contribution in [0.2, 0.25) is 0 Å². The number of nitrogens with one attached hydrogen (secondary N) is 1. The van der Waals surface area contributed by atoms with Gasteiger partial charge in [-0.15, -0.1) is 12.4 Å². The molecule has 1 aliphatic carbocycles. The minimum atomic E-state index is 0. The van der Waals surface area contributed by atoms with E-state index in [1.807, 2.05) is 11.8 Å². The lowest BCUT2D eigenvalue weighted by Gasteiger charge is -2.39. The topological polar surface area (TPSA) is 75.4 Å². The van der Waals surface area contributed by atoms with Gasteiger partial charge in [-0.25, -0.2) is 0 Å². The average Bonchev–Trinajstić information content (AvgIpc) is 2.61. The van der Waals surface area contributed by atoms with Crippen LogP contribution in [0.25, 0.3) is 0 Å². The Kier molecular flexibility index (Phi) is 9.80. The molecule has 2 fully saturated rings. The molecule has 146 valence electrons. The molecule has 2 amide bonds. The van der Waals surface area contributed by atoms with Crippen molar-refractivity contribution in [3.8, 4) is 0 Å². The Morgan fingerprint density at radius 2 is 1.92 bits per heavy atom. The van der Waals surface area contributed by atoms with Crippen LogP contribution in [0.5, 0.6) is 0 Å². The first-order valence-corrected chi connectivity index (χ1v) is 9.83. The van der Waals surface area contributed by atoms with Gasteiger partial charge in [0.05, 0.1) is 0 Å². The van der Waals surface area contributed by atoms with E-state index in [4.69, 9.17) is 5.73 Å². The smallest absolute Gasteiger partial charge is 0.223 e. The number of hydrogen-bond acceptors (Lipinski definition) is 3. The van der Waals surface area contributed by atoms with E-state index >= 15 is 0 Å². The van der Waals surface area contributed by atoms with E-state index in [2.05, 4.69) is 5.32 Å². The highest BCUT2D eigenvalue weighted by atomic mass is 35.5. The van der Waals surface area contributed by atoms with Gasteiger partial charge in [-0.3, -0.25) is 9.59 Å². The van der Waals surface area contributed by atoms with Gasteiger partial charge >= 0.3 is 0 Å². The maximum Gasteiger partial charge on any atom is 0.223 e. The van der Waals surface area contributed by atoms with Crippen LogP contribution in [0.15, 0.2) is 0 Å². The van der Waals surface area contributed by atoms with Gasteiger partial charge in [0.25, 0.3) is 0 Å². The summed E-state index contributed by atoms with van der Waals surface area (Å²) in [5, 5.41) is 3.02. The highest BCUT2D eigenvalue weighted by Crippen LogP contribution is 2.39. The predicted molar refractivity (Wildman–Crippen MR) is 104 cm³/mol. The zero-order chi connectivity index (χ0) is 17.4. The normalized spacial score (nSPS) is 22.8. The van der Waals surface area contributed by atoms with Crippen LogP contribution in [0, 0.1) is 11.3 Å². The van der Waals surface area contributed by atoms with Gasteiger partial charge in [-0.1, -0.05) is 26.2 Å². The highest BCUT2D eigenvalue weighted by Gasteiger charge is 2.35. The Morgan fingerprint density at radius 1 is 1.20 bits per heavy atom. The Morgan fingerprint density at radius 3 is 2.56 bits per heavy atom. The largest absolute Gasteiger partial charge is 0.356 e. The summed E-state index contributed by atoms with van der Waals surface area (Å²) in [5.41, 5.74) is 6.07. The molecule has 6 heteroatoms. The van der Waals surface area contributed by atoms with E-state index < -0.39 is 0 Å². The standard InChI is InChI=1S/C19H35N3O2.ClH/c1-2-7-17(23)21-13-16-8-6-11-22(14-16)18(24)12-19(15-20)9-4-3-5-10-19;/h16H,2-15,20H2,1H3,(H,21,23);1H. The first-order chi connectivity index (χ1) is 11.6. The fourth-order valence-electron chi connectivity index (χ4n) is 4.22. The third-order valence-electron chi connectivity index (χ3n) is 5.81. The molecule has 1 saturated carbocycles. The van der Waals surface area contributed by atoms with Crippen molar-refractivity contribution in [3.63, 3.8) is 0 Å². The van der Waals surface area contributed by atoms with Crippen LogP contribution in [0.1, 0.15) is 71.1 Å². The lowest BCUT2D eigenvalue weighted by atomic mass is 9.71. The molecule has 1 aliphatic heterocycles. The maximum absolute atomic E-state index is 12.8. The van der Waals surface area contributed by atoms with Crippen LogP contribution in [0.3, 0.4) is 0 Å². The van der Waals surface area contributed by atoms with Crippen molar-refractivity contribution in [2.24, 2.45) is 17.1 Å². The molecule has 0 aromatic carbocycles. The average molecular weight is 374 g/mol. The van der Waals surface area contributed by atoms with Crippen molar-refractivity contribution in [2.75, 3.05) is 26.2 Å². The summed E-state index contributed by atoms with van der Waals surface area (Å²) in [7, 11) is 0. The molecule has 1 heterocycles. The van der Waals surface area contributed by atoms with Gasteiger partial charge in [-0.05, 0) is 50.0 Å². The number of rotatable bonds is 7. The number of likely N-dealkylation sites (tertiary alicyclic amines) is 1. The van der Waals surface area contributed by atoms with E-state index in [0.29, 0.717) is 31.8 Å². The fraction of sp³-hybridized carbons (Fsp3) is 0.895. The first kappa shape index (κ1) is 22.2. The number of hydrogen-bond donors (Lipinski definition) is 2. The molecule has 2 aliphatic rings. The third-order valence-corrected chi connectivity index (χ3v) is 5.81. The lowest BCUT2D eigenvalue weighted by molar-refractivity contribution is -0.136. The van der Waals surface area contributed by atoms with Gasteiger partial charge in [0.15, 0.2) is 0 Å². The lowest BCUT2D eigenvalue weighted by Crippen LogP contribution is -2.46. The van der Waals surface area contributed by atoms with Crippen molar-refractivity contribution in [2.45, 2.75) is 71.1 Å². The minimum absolute atomic E-state index is 0. The van der Waals surface area contributed by atoms with Crippen molar-refractivity contribution in [1.82, 2.24) is 10.2 Å². The molecule has 5 nitrogen and oxygen atoms in total. The molecule has 1 unspecified atom stereocenters. The summed E-state index contributed by atoms with van der Waals surface area (Å²) < 4.78 is 0. The van der Waals surface area contributed by atoms with Crippen molar-refractivity contribution >= 4 is 24.2 Å². The van der Waals surface area contributed by atoms with Crippen molar-refractivity contribution in [1.29, 1.82) is 0 Å². The molecular formula is C19H36ClN3O2. The summed E-state index contributed by atoms with van der Waals surface area (Å²) in [6, 6.07) is 0. The molecule has 0 aromatic rings. The SMILES string of the molecule is CCCC(=O)NCC1CCCN(C(=O)CC2(CN)CCCCC2)C1.Cl. The molecule has 0 spiro atoms. The summed E-state index contributed by atoms with van der Waals surface area (Å²) in [5.74, 6) is 0.792. The Labute approximate surface area is 158 Å². The number of carbonyl (C=O) groups is 2. The second kappa shape index (κ2) is 11.0. The molecule has 0 bridgehead atoms. The van der Waals surface area contributed by atoms with Gasteiger partial charge in [-0.2, -0.15) is 0 Å². The maximum atomic E-state index is 12.8. The van der Waals surface area contributed by atoms with Crippen LogP contribution in [0.4, 0.5) is 0 Å². The first-order valence-electron chi connectivity index (χ1n) is 9.83. The molecule has 3 N–H and O–H groups in total. The Balaban J connectivity index is 0.00000312. The molecule has 0 aromatic heterocycles. The molecular weight excluding hydrogens is 338 g/mol. The zero-order valence-corrected chi connectivity index (χ0v) is 16.5. The fourth-order valence-corrected chi connectivity index (χ4v) is 4.22. The number of halogens is 1. The molecule has 0 radical (unpaired) electrons. The van der Waals surface area contributed by atoms with Crippen molar-refractivity contribution < 1.29 is 9.59 Å². The molecule has 1 saturated heterocycles. The van der Waals surface area contributed by atoms with Gasteiger partial charge in [0.1, 0.15) is 0 Å². The van der Waals surface area contributed by atoms with Crippen LogP contribution in [-0.2, 0) is 9.59 Å². The zero-order valence-electron chi connectivity index (χ0n) is 15.7. The van der Waals surface area contributed by atoms with Crippen LogP contribution in [-0.4, -0.2) is 42.9 Å². The summed E-state index contributed by atoms with van der Waals surface area (Å²) >= 11 is 0. The van der Waals surface area contributed by atoms with E-state index in [0.717, 1.165) is 45.2 Å². The molecule has 1 atom stereocenters. The van der Waals surface area contributed by atoms with Crippen LogP contribution >= 0.6 is 12.4 Å². The van der Waals surface area contributed by atoms with Crippen molar-refractivity contribution in [3.05, 3.63) is 0 Å². The molecule has 25 heavy (non-hydrogen) atoms. The number of nitrogens with two attached hydrogens (primary N) is 1. The quantitative estimate of drug-likeness (QED) is 0.720. The molecule has 2 rings (SSSR count). The second-order valence-corrected chi connectivity index (χ2v) is 7.84. The second-order valence-electron chi connectivity index (χ2n) is 7.84. The number of piperidine rings is 1. The minimum Gasteiger partial charge on any atom is -0.356 e.